The zero-order valence-electron chi connectivity index (χ0n) is 61.5. The van der Waals surface area contributed by atoms with Gasteiger partial charge in [0.05, 0.1) is 40.4 Å². The molecule has 2 bridgehead atoms. The zero-order valence-corrected chi connectivity index (χ0v) is 63.1. The van der Waals surface area contributed by atoms with Crippen molar-refractivity contribution >= 4 is 102 Å². The summed E-state index contributed by atoms with van der Waals surface area (Å²) < 4.78 is 50.1. The molecular weight excluding hydrogens is 1410 g/mol. The normalized spacial score (nSPS) is 20.6. The Morgan fingerprint density at radius 3 is 2.34 bits per heavy atom. The Hall–Kier alpha value is -9.49. The van der Waals surface area contributed by atoms with Gasteiger partial charge in [-0.15, -0.1) is 0 Å². The topological polar surface area (TPSA) is 377 Å². The molecule has 8 N–H and O–H groups in total. The number of urea groups is 1. The third-order valence-electron chi connectivity index (χ3n) is 21.3. The predicted octanol–water partition coefficient (Wildman–Crippen LogP) is 9.56. The molecule has 6 atom stereocenters. The molecule has 572 valence electrons. The van der Waals surface area contributed by atoms with Gasteiger partial charge in [0.25, 0.3) is 27.8 Å². The van der Waals surface area contributed by atoms with Crippen molar-refractivity contribution in [1.29, 1.82) is 0 Å². The maximum absolute atomic E-state index is 13.9. The monoisotopic (exact) mass is 1510 g/mol. The van der Waals surface area contributed by atoms with Crippen LogP contribution in [0, 0.1) is 35.5 Å². The van der Waals surface area contributed by atoms with Gasteiger partial charge in [0.1, 0.15) is 12.4 Å². The summed E-state index contributed by atoms with van der Waals surface area (Å²) in [6, 6.07) is 21.8. The van der Waals surface area contributed by atoms with Crippen molar-refractivity contribution < 1.29 is 70.7 Å². The van der Waals surface area contributed by atoms with Crippen LogP contribution in [0.25, 0.3) is 21.3 Å². The maximum atomic E-state index is 13.9. The van der Waals surface area contributed by atoms with E-state index in [-0.39, 0.29) is 123 Å². The molecule has 28 nitrogen and oxygen atoms in total. The van der Waals surface area contributed by atoms with Crippen molar-refractivity contribution in [3.8, 4) is 11.1 Å². The summed E-state index contributed by atoms with van der Waals surface area (Å²) in [5.41, 5.74) is 10.3. The fourth-order valence-electron chi connectivity index (χ4n) is 16.8. The number of anilines is 3. The van der Waals surface area contributed by atoms with Gasteiger partial charge in [-0.05, 0) is 153 Å². The van der Waals surface area contributed by atoms with Gasteiger partial charge < -0.3 is 46.1 Å². The molecule has 2 aliphatic carbocycles. The van der Waals surface area contributed by atoms with E-state index in [1.165, 1.54) is 28.4 Å². The number of ether oxygens (including phenoxy) is 2. The van der Waals surface area contributed by atoms with Crippen molar-refractivity contribution in [3.63, 3.8) is 0 Å². The van der Waals surface area contributed by atoms with E-state index in [1.54, 1.807) is 56.4 Å². The van der Waals surface area contributed by atoms with Crippen LogP contribution < -0.4 is 31.9 Å². The minimum atomic E-state index is -4.35. The summed E-state index contributed by atoms with van der Waals surface area (Å²) in [6.07, 6.45) is 10.4. The van der Waals surface area contributed by atoms with Gasteiger partial charge in [-0.25, -0.2) is 24.4 Å². The number of para-hydroxylation sites is 1. The summed E-state index contributed by atoms with van der Waals surface area (Å²) >= 11 is 1.40. The van der Waals surface area contributed by atoms with Gasteiger partial charge in [0.15, 0.2) is 16.6 Å². The van der Waals surface area contributed by atoms with E-state index < -0.39 is 57.4 Å². The van der Waals surface area contributed by atoms with E-state index in [0.717, 1.165) is 57.6 Å². The molecule has 3 fully saturated rings. The first-order valence-corrected chi connectivity index (χ1v) is 39.2. The highest BCUT2D eigenvalue weighted by atomic mass is 32.2. The van der Waals surface area contributed by atoms with Crippen LogP contribution in [0.1, 0.15) is 155 Å². The number of pyridine rings is 1. The minimum Gasteiger partial charge on any atom is -0.476 e. The molecular formula is C77H97N13O15S2. The maximum Gasteiger partial charge on any atom is 0.410 e. The van der Waals surface area contributed by atoms with Crippen LogP contribution in [-0.4, -0.2) is 182 Å². The number of unbranched alkanes of at least 4 members (excludes halogenated alkanes) is 2. The third kappa shape index (κ3) is 20.0. The molecule has 3 aliphatic heterocycles. The number of carboxylic acids is 1. The number of thiazole rings is 1. The number of aromatic carboxylic acids is 1. The number of nitrogens with one attached hydrogen (secondary N) is 4. The van der Waals surface area contributed by atoms with Crippen LogP contribution in [0.15, 0.2) is 97.2 Å². The SMILES string of the molecule is Cc1c(-c2ccc(N3CCc4cccc(C(=O)Nc5nc6ccccc6s5)c4C3)nc2C(=O)O)cnn1CC1(C)CC2(C)CC(C)CC(OCCN(CCS(=O)(=O)O)C3CN(C(=O)OCc4ccc(NC(=O)[C@H](CCCNC(N)=O)CC(=O)[C@@H](NC(=O)CCCCCN5C(=O)C=CC5=O)C(C)C)cc4)C3)(C2)C1. The molecule has 3 aromatic carbocycles. The summed E-state index contributed by atoms with van der Waals surface area (Å²) in [4.78, 5) is 132. The Morgan fingerprint density at radius 2 is 1.62 bits per heavy atom. The Kier molecular flexibility index (Phi) is 24.8. The second kappa shape index (κ2) is 33.7. The second-order valence-electron chi connectivity index (χ2n) is 30.6. The van der Waals surface area contributed by atoms with Crippen molar-refractivity contribution in [2.45, 2.75) is 162 Å². The van der Waals surface area contributed by atoms with E-state index in [9.17, 15) is 61.2 Å². The summed E-state index contributed by atoms with van der Waals surface area (Å²) in [5, 5.41) is 27.4. The summed E-state index contributed by atoms with van der Waals surface area (Å²) in [6.45, 7) is 15.1. The molecule has 8 amide bonds. The molecule has 0 radical (unpaired) electrons. The third-order valence-corrected chi connectivity index (χ3v) is 22.9. The molecule has 0 spiro atoms. The van der Waals surface area contributed by atoms with Crippen LogP contribution in [0.5, 0.6) is 0 Å². The number of carboxylic acid groups (broad SMARTS) is 1. The van der Waals surface area contributed by atoms with E-state index in [2.05, 4.69) is 47.0 Å². The van der Waals surface area contributed by atoms with Crippen LogP contribution in [0.3, 0.4) is 0 Å². The first kappa shape index (κ1) is 78.6. The van der Waals surface area contributed by atoms with Gasteiger partial charge in [-0.1, -0.05) is 88.8 Å². The van der Waals surface area contributed by atoms with E-state index in [0.29, 0.717) is 110 Å². The number of aromatic nitrogens is 4. The van der Waals surface area contributed by atoms with Gasteiger partial charge in [-0.3, -0.25) is 53.1 Å². The summed E-state index contributed by atoms with van der Waals surface area (Å²) in [5.74, 6) is -4.17. The second-order valence-corrected chi connectivity index (χ2v) is 33.2. The number of Topliss-reactive ketones (excluding diaryl/α,β-unsaturated/α-hetero) is 1. The number of amides is 8. The van der Waals surface area contributed by atoms with Crippen LogP contribution >= 0.6 is 11.3 Å². The molecule has 4 unspecified atom stereocenters. The zero-order chi connectivity index (χ0) is 76.5. The number of benzene rings is 3. The smallest absolute Gasteiger partial charge is 0.410 e. The minimum absolute atomic E-state index is 0.00140. The lowest BCUT2D eigenvalue weighted by molar-refractivity contribution is -0.180. The molecule has 6 aromatic rings. The van der Waals surface area contributed by atoms with Crippen molar-refractivity contribution in [2.75, 3.05) is 73.7 Å². The Balaban J connectivity index is 0.668. The highest BCUT2D eigenvalue weighted by molar-refractivity contribution is 7.85. The first-order valence-electron chi connectivity index (χ1n) is 36.7. The van der Waals surface area contributed by atoms with Gasteiger partial charge >= 0.3 is 18.1 Å². The van der Waals surface area contributed by atoms with Crippen molar-refractivity contribution in [1.82, 2.24) is 45.1 Å². The molecule has 6 heterocycles. The number of rotatable bonds is 34. The predicted molar refractivity (Wildman–Crippen MR) is 403 cm³/mol. The molecule has 11 rings (SSSR count). The fourth-order valence-corrected chi connectivity index (χ4v) is 18.1. The highest BCUT2D eigenvalue weighted by Gasteiger charge is 2.56. The quantitative estimate of drug-likeness (QED) is 0.0112. The lowest BCUT2D eigenvalue weighted by atomic mass is 9.51. The molecule has 107 heavy (non-hydrogen) atoms. The lowest BCUT2D eigenvalue weighted by Crippen LogP contribution is -2.62. The average Bonchev–Trinajstić information content (AvgIpc) is 1.32. The number of likely N-dealkylation sites (tertiary alicyclic amines) is 1. The Morgan fingerprint density at radius 1 is 0.860 bits per heavy atom. The van der Waals surface area contributed by atoms with Gasteiger partial charge in [-0.2, -0.15) is 13.5 Å². The average molecular weight is 1510 g/mol. The van der Waals surface area contributed by atoms with Crippen LogP contribution in [-0.2, 0) is 69.7 Å². The number of ketones is 1. The number of fused-ring (bicyclic) bond motifs is 4. The number of carbonyl (C=O) groups is 9. The number of primary amides is 1. The standard InChI is InChI=1S/C77H97N13O15S2/c1-48(2)67(84-64(92)19-8-7-11-30-89-65(93)26-27-66(89)94)61(91)36-53(15-13-29-79-72(78)99)69(95)81-54-22-20-51(21-23-54)43-104-74(100)88-40-55(41-88)86(33-35-107(101,102)103)32-34-105-77-38-49(3)37-75(5,45-77)44-76(6,46-77)47-90-50(4)58(39-80-90)56-24-25-63(83-68(56)71(97)98)87-31-28-52-14-12-16-57(59(52)42-87)70(96)85-73-82-60-17-9-10-18-62(60)106-73/h9-10,12,14,16-18,20-27,39,48-49,53,55,67H,7-8,11,13,15,19,28-38,40-47H2,1-6H3,(H,81,95)(H,84,92)(H,97,98)(H3,78,79,99)(H,82,85,96)(H,101,102,103)/t49?,53-,67+,75?,76?,77?/m1/s1. The highest BCUT2D eigenvalue weighted by Crippen LogP contribution is 2.60. The molecule has 2 saturated carbocycles. The number of hydrogen-bond donors (Lipinski definition) is 7. The van der Waals surface area contributed by atoms with E-state index in [1.807, 2.05) is 63.9 Å². The fraction of sp³-hybridized carbons (Fsp3) is 0.506. The van der Waals surface area contributed by atoms with Crippen LogP contribution in [0.4, 0.5) is 26.2 Å². The number of carbonyl (C=O) groups excluding carboxylic acids is 8. The number of nitrogens with two attached hydrogens (primary N) is 1. The van der Waals surface area contributed by atoms with Gasteiger partial charge in [0.2, 0.25) is 11.8 Å². The largest absolute Gasteiger partial charge is 0.476 e. The van der Waals surface area contributed by atoms with Gasteiger partial charge in [0, 0.05) is 124 Å². The first-order chi connectivity index (χ1) is 50.9. The Labute approximate surface area is 626 Å². The van der Waals surface area contributed by atoms with Crippen molar-refractivity contribution in [2.24, 2.45) is 34.3 Å². The molecule has 3 aromatic heterocycles. The van der Waals surface area contributed by atoms with E-state index >= 15 is 0 Å². The molecule has 5 aliphatic rings. The van der Waals surface area contributed by atoms with Crippen LogP contribution in [0.2, 0.25) is 0 Å². The van der Waals surface area contributed by atoms with Crippen molar-refractivity contribution in [3.05, 3.63) is 131 Å². The lowest BCUT2D eigenvalue weighted by Gasteiger charge is -2.59. The Bertz CT molecular complexity index is 4430. The molecule has 1 saturated heterocycles. The summed E-state index contributed by atoms with van der Waals surface area (Å²) in [7, 11) is -4.35. The number of imide groups is 1. The number of nitrogens with zero attached hydrogens (tertiary/aromatic N) is 8. The molecule has 30 heteroatoms. The number of hydrogen-bond acceptors (Lipinski definition) is 19. The van der Waals surface area contributed by atoms with E-state index in [4.69, 9.17) is 25.3 Å².